The number of hydrogen-bond acceptors (Lipinski definition) is 10. The molecule has 2 N–H and O–H groups in total. The lowest BCUT2D eigenvalue weighted by Gasteiger charge is -2.22. The zero-order valence-corrected chi connectivity index (χ0v) is 27.6. The fraction of sp³-hybridized carbons (Fsp3) is 0.452. The molecule has 15 heteroatoms. The molecule has 46 heavy (non-hydrogen) atoms. The molecular weight excluding hydrogens is 616 g/mol. The Morgan fingerprint density at radius 3 is 2.43 bits per heavy atom. The molecule has 3 amide bonds. The van der Waals surface area contributed by atoms with E-state index in [0.29, 0.717) is 64.8 Å². The van der Waals surface area contributed by atoms with Crippen LogP contribution < -0.4 is 10.6 Å². The first-order valence-electron chi connectivity index (χ1n) is 14.9. The van der Waals surface area contributed by atoms with Crippen LogP contribution in [-0.4, -0.2) is 78.2 Å². The normalized spacial score (nSPS) is 15.2. The van der Waals surface area contributed by atoms with Crippen LogP contribution >= 0.6 is 11.6 Å². The van der Waals surface area contributed by atoms with E-state index in [2.05, 4.69) is 25.9 Å². The standard InChI is InChI=1S/C31H37ClN8O6/c1-8-40-24-20(27(41)39-13-12-19(16-39)34-28(42)44-30(2,3)4)15-33-21(17-10-9-11-18(32)14-17)22(24)35-26(40)23-25(38-46-37-23)36-29(43)45-31(5,6)7/h9-11,14-15,19H,8,12-13,16H2,1-7H3,(H,34,42)(H,36,38,43). The van der Waals surface area contributed by atoms with E-state index < -0.39 is 23.4 Å². The molecule has 1 aliphatic rings. The number of aryl methyl sites for hydroxylation is 1. The number of hydrogen-bond donors (Lipinski definition) is 2. The molecule has 1 unspecified atom stereocenters. The van der Waals surface area contributed by atoms with Crippen molar-refractivity contribution < 1.29 is 28.5 Å². The van der Waals surface area contributed by atoms with E-state index in [4.69, 9.17) is 30.7 Å². The van der Waals surface area contributed by atoms with Crippen molar-refractivity contribution in [2.75, 3.05) is 18.4 Å². The number of halogens is 1. The van der Waals surface area contributed by atoms with Crippen LogP contribution in [0.2, 0.25) is 5.02 Å². The summed E-state index contributed by atoms with van der Waals surface area (Å²) in [5.41, 5.74) is 1.16. The van der Waals surface area contributed by atoms with Gasteiger partial charge in [0, 0.05) is 36.4 Å². The average Bonchev–Trinajstić information content (AvgIpc) is 3.68. The lowest BCUT2D eigenvalue weighted by molar-refractivity contribution is 0.0501. The topological polar surface area (TPSA) is 167 Å². The number of imidazole rings is 1. The monoisotopic (exact) mass is 652 g/mol. The molecule has 0 aliphatic carbocycles. The van der Waals surface area contributed by atoms with Gasteiger partial charge in [-0.25, -0.2) is 19.2 Å². The van der Waals surface area contributed by atoms with E-state index in [0.717, 1.165) is 0 Å². The van der Waals surface area contributed by atoms with Gasteiger partial charge in [-0.15, -0.1) is 0 Å². The largest absolute Gasteiger partial charge is 0.444 e. The van der Waals surface area contributed by atoms with Crippen molar-refractivity contribution in [3.8, 4) is 22.8 Å². The average molecular weight is 653 g/mol. The van der Waals surface area contributed by atoms with Crippen molar-refractivity contribution in [2.24, 2.45) is 0 Å². The second kappa shape index (κ2) is 12.6. The molecule has 3 aromatic heterocycles. The molecule has 14 nitrogen and oxygen atoms in total. The Morgan fingerprint density at radius 2 is 1.76 bits per heavy atom. The Hall–Kier alpha value is -4.72. The van der Waals surface area contributed by atoms with Crippen molar-refractivity contribution in [3.63, 3.8) is 0 Å². The molecule has 1 fully saturated rings. The maximum Gasteiger partial charge on any atom is 0.413 e. The first kappa shape index (κ1) is 32.7. The molecule has 0 radical (unpaired) electrons. The van der Waals surface area contributed by atoms with Gasteiger partial charge in [-0.3, -0.25) is 15.1 Å². The summed E-state index contributed by atoms with van der Waals surface area (Å²) >= 11 is 6.32. The number of aromatic nitrogens is 5. The minimum Gasteiger partial charge on any atom is -0.444 e. The van der Waals surface area contributed by atoms with Crippen molar-refractivity contribution in [1.82, 2.24) is 35.1 Å². The molecule has 1 atom stereocenters. The van der Waals surface area contributed by atoms with Gasteiger partial charge in [0.2, 0.25) is 5.82 Å². The van der Waals surface area contributed by atoms with Gasteiger partial charge in [-0.2, -0.15) is 0 Å². The Bertz CT molecular complexity index is 1790. The summed E-state index contributed by atoms with van der Waals surface area (Å²) in [5, 5.41) is 13.9. The van der Waals surface area contributed by atoms with Gasteiger partial charge in [0.15, 0.2) is 11.5 Å². The van der Waals surface area contributed by atoms with E-state index >= 15 is 0 Å². The summed E-state index contributed by atoms with van der Waals surface area (Å²) in [6, 6.07) is 6.88. The van der Waals surface area contributed by atoms with Gasteiger partial charge in [-0.1, -0.05) is 23.7 Å². The number of rotatable bonds is 6. The Balaban J connectivity index is 1.56. The second-order valence-electron chi connectivity index (χ2n) is 12.9. The molecule has 0 bridgehead atoms. The lowest BCUT2D eigenvalue weighted by atomic mass is 10.1. The van der Waals surface area contributed by atoms with E-state index in [-0.39, 0.29) is 23.5 Å². The highest BCUT2D eigenvalue weighted by Gasteiger charge is 2.33. The van der Waals surface area contributed by atoms with Crippen LogP contribution in [0.5, 0.6) is 0 Å². The second-order valence-corrected chi connectivity index (χ2v) is 13.3. The molecule has 0 saturated carbocycles. The number of carbonyl (C=O) groups is 3. The van der Waals surface area contributed by atoms with Crippen LogP contribution in [0.15, 0.2) is 35.1 Å². The highest BCUT2D eigenvalue weighted by Crippen LogP contribution is 2.35. The molecule has 0 spiro atoms. The van der Waals surface area contributed by atoms with Gasteiger partial charge < -0.3 is 24.3 Å². The number of alkyl carbamates (subject to hydrolysis) is 1. The minimum absolute atomic E-state index is 0.000000564. The summed E-state index contributed by atoms with van der Waals surface area (Å²) < 4.78 is 17.6. The van der Waals surface area contributed by atoms with Crippen LogP contribution in [0, 0.1) is 0 Å². The van der Waals surface area contributed by atoms with Crippen LogP contribution in [0.4, 0.5) is 15.4 Å². The van der Waals surface area contributed by atoms with E-state index in [1.54, 1.807) is 69.2 Å². The van der Waals surface area contributed by atoms with Gasteiger partial charge in [0.1, 0.15) is 16.7 Å². The predicted molar refractivity (Wildman–Crippen MR) is 170 cm³/mol. The van der Waals surface area contributed by atoms with Gasteiger partial charge in [-0.05, 0) is 77.3 Å². The summed E-state index contributed by atoms with van der Waals surface area (Å²) in [6.07, 6.45) is 0.801. The number of carbonyl (C=O) groups excluding carboxylic acids is 3. The number of ether oxygens (including phenoxy) is 2. The predicted octanol–water partition coefficient (Wildman–Crippen LogP) is 5.91. The third-order valence-corrected chi connectivity index (χ3v) is 7.17. The Labute approximate surface area is 270 Å². The van der Waals surface area contributed by atoms with E-state index in [1.165, 1.54) is 6.20 Å². The Morgan fingerprint density at radius 1 is 1.04 bits per heavy atom. The first-order chi connectivity index (χ1) is 21.6. The maximum absolute atomic E-state index is 14.1. The zero-order chi connectivity index (χ0) is 33.4. The fourth-order valence-corrected chi connectivity index (χ4v) is 5.35. The molecule has 4 heterocycles. The maximum atomic E-state index is 14.1. The summed E-state index contributed by atoms with van der Waals surface area (Å²) in [4.78, 5) is 50.3. The number of anilines is 1. The highest BCUT2D eigenvalue weighted by atomic mass is 35.5. The Kier molecular flexibility index (Phi) is 8.94. The molecule has 1 aromatic carbocycles. The summed E-state index contributed by atoms with van der Waals surface area (Å²) in [7, 11) is 0. The summed E-state index contributed by atoms with van der Waals surface area (Å²) in [6.45, 7) is 13.6. The van der Waals surface area contributed by atoms with Crippen LogP contribution in [0.3, 0.4) is 0 Å². The molecule has 4 aromatic rings. The first-order valence-corrected chi connectivity index (χ1v) is 15.3. The number of amides is 3. The van der Waals surface area contributed by atoms with Gasteiger partial charge >= 0.3 is 12.2 Å². The zero-order valence-electron chi connectivity index (χ0n) is 26.8. The smallest absolute Gasteiger partial charge is 0.413 e. The van der Waals surface area contributed by atoms with E-state index in [1.807, 2.05) is 13.0 Å². The quantitative estimate of drug-likeness (QED) is 0.256. The van der Waals surface area contributed by atoms with Gasteiger partial charge in [0.25, 0.3) is 5.91 Å². The third kappa shape index (κ3) is 7.22. The SMILES string of the molecule is CCn1c(-c2nonc2NC(=O)OC(C)(C)C)nc2c(-c3cccc(Cl)c3)ncc(C(=O)N3CCC(NC(=O)OC(C)(C)C)C3)c21. The number of likely N-dealkylation sites (tertiary alicyclic amines) is 1. The molecule has 244 valence electrons. The van der Waals surface area contributed by atoms with Crippen molar-refractivity contribution in [3.05, 3.63) is 41.0 Å². The van der Waals surface area contributed by atoms with Crippen LogP contribution in [0.1, 0.15) is 65.2 Å². The number of nitrogens with zero attached hydrogens (tertiary/aromatic N) is 6. The highest BCUT2D eigenvalue weighted by molar-refractivity contribution is 6.30. The number of fused-ring (bicyclic) bond motifs is 1. The lowest BCUT2D eigenvalue weighted by Crippen LogP contribution is -2.41. The number of benzene rings is 1. The molecular formula is C31H37ClN8O6. The minimum atomic E-state index is -0.748. The number of nitrogens with one attached hydrogen (secondary N) is 2. The molecule has 1 saturated heterocycles. The van der Waals surface area contributed by atoms with Crippen molar-refractivity contribution >= 4 is 46.5 Å². The van der Waals surface area contributed by atoms with Crippen LogP contribution in [-0.2, 0) is 16.0 Å². The van der Waals surface area contributed by atoms with Crippen LogP contribution in [0.25, 0.3) is 33.8 Å². The van der Waals surface area contributed by atoms with E-state index in [9.17, 15) is 14.4 Å². The van der Waals surface area contributed by atoms with Gasteiger partial charge in [0.05, 0.1) is 22.8 Å². The molecule has 5 rings (SSSR count). The molecule has 1 aliphatic heterocycles. The third-order valence-electron chi connectivity index (χ3n) is 6.93. The van der Waals surface area contributed by atoms with Crippen molar-refractivity contribution in [1.29, 1.82) is 0 Å². The number of pyridine rings is 1. The fourth-order valence-electron chi connectivity index (χ4n) is 5.16. The summed E-state index contributed by atoms with van der Waals surface area (Å²) in [5.74, 6) is 0.0104. The van der Waals surface area contributed by atoms with Crippen molar-refractivity contribution in [2.45, 2.75) is 78.7 Å².